The van der Waals surface area contributed by atoms with Crippen LogP contribution in [0.15, 0.2) is 67.1 Å². The average molecular weight is 331 g/mol. The first-order chi connectivity index (χ1) is 12.2. The third kappa shape index (κ3) is 4.73. The Morgan fingerprint density at radius 3 is 2.64 bits per heavy atom. The topological polar surface area (TPSA) is 54.9 Å². The van der Waals surface area contributed by atoms with Gasteiger partial charge in [-0.05, 0) is 48.2 Å². The number of hydrogen-bond acceptors (Lipinski definition) is 3. The van der Waals surface area contributed by atoms with Crippen LogP contribution in [0, 0.1) is 6.92 Å². The normalized spacial score (nSPS) is 10.4. The van der Waals surface area contributed by atoms with Crippen molar-refractivity contribution in [2.24, 2.45) is 0 Å². The van der Waals surface area contributed by atoms with Crippen molar-refractivity contribution in [1.82, 2.24) is 15.3 Å². The maximum atomic E-state index is 12.0. The monoisotopic (exact) mass is 331 g/mol. The number of nitrogens with zero attached hydrogens (tertiary/aromatic N) is 2. The van der Waals surface area contributed by atoms with Crippen LogP contribution in [-0.4, -0.2) is 15.9 Å². The van der Waals surface area contributed by atoms with E-state index in [9.17, 15) is 4.79 Å². The van der Waals surface area contributed by atoms with E-state index in [1.54, 1.807) is 18.6 Å². The first kappa shape index (κ1) is 16.8. The van der Waals surface area contributed by atoms with Crippen LogP contribution in [0.2, 0.25) is 0 Å². The third-order valence-corrected chi connectivity index (χ3v) is 4.15. The van der Waals surface area contributed by atoms with Gasteiger partial charge in [-0.2, -0.15) is 0 Å². The van der Waals surface area contributed by atoms with Crippen molar-refractivity contribution < 1.29 is 4.79 Å². The van der Waals surface area contributed by atoms with Gasteiger partial charge in [-0.25, -0.2) is 0 Å². The molecule has 0 saturated heterocycles. The smallest absolute Gasteiger partial charge is 0.220 e. The zero-order valence-corrected chi connectivity index (χ0v) is 14.3. The molecule has 25 heavy (non-hydrogen) atoms. The SMILES string of the molecule is Cc1ccccc1CCC(=O)NCc1ccc(-c2cccnc2)nc1. The van der Waals surface area contributed by atoms with Gasteiger partial charge in [0.25, 0.3) is 0 Å². The predicted molar refractivity (Wildman–Crippen MR) is 98.8 cm³/mol. The number of pyridine rings is 2. The molecular weight excluding hydrogens is 310 g/mol. The largest absolute Gasteiger partial charge is 0.352 e. The van der Waals surface area contributed by atoms with Crippen LogP contribution in [0.1, 0.15) is 23.1 Å². The molecule has 1 N–H and O–H groups in total. The summed E-state index contributed by atoms with van der Waals surface area (Å²) in [5, 5.41) is 2.96. The highest BCUT2D eigenvalue weighted by atomic mass is 16.1. The second-order valence-electron chi connectivity index (χ2n) is 6.00. The third-order valence-electron chi connectivity index (χ3n) is 4.15. The number of amides is 1. The molecular formula is C21H21N3O. The summed E-state index contributed by atoms with van der Waals surface area (Å²) >= 11 is 0. The number of aryl methyl sites for hydroxylation is 2. The van der Waals surface area contributed by atoms with Crippen LogP contribution in [0.25, 0.3) is 11.3 Å². The van der Waals surface area contributed by atoms with E-state index in [1.807, 2.05) is 36.4 Å². The van der Waals surface area contributed by atoms with Crippen LogP contribution in [0.4, 0.5) is 0 Å². The molecule has 0 spiro atoms. The molecule has 0 aliphatic rings. The second-order valence-corrected chi connectivity index (χ2v) is 6.00. The molecule has 3 aromatic rings. The number of benzene rings is 1. The van der Waals surface area contributed by atoms with Crippen molar-refractivity contribution in [3.05, 3.63) is 83.8 Å². The minimum atomic E-state index is 0.0552. The van der Waals surface area contributed by atoms with E-state index in [-0.39, 0.29) is 5.91 Å². The van der Waals surface area contributed by atoms with Crippen molar-refractivity contribution in [3.63, 3.8) is 0 Å². The van der Waals surface area contributed by atoms with E-state index in [2.05, 4.69) is 34.3 Å². The Morgan fingerprint density at radius 1 is 1.04 bits per heavy atom. The highest BCUT2D eigenvalue weighted by Crippen LogP contribution is 2.15. The van der Waals surface area contributed by atoms with Gasteiger partial charge in [-0.1, -0.05) is 30.3 Å². The van der Waals surface area contributed by atoms with E-state index < -0.39 is 0 Å². The fraction of sp³-hybridized carbons (Fsp3) is 0.190. The lowest BCUT2D eigenvalue weighted by atomic mass is 10.0. The molecule has 0 atom stereocenters. The van der Waals surface area contributed by atoms with E-state index in [0.29, 0.717) is 13.0 Å². The molecule has 126 valence electrons. The maximum Gasteiger partial charge on any atom is 0.220 e. The van der Waals surface area contributed by atoms with Gasteiger partial charge in [0.15, 0.2) is 0 Å². The van der Waals surface area contributed by atoms with Crippen molar-refractivity contribution >= 4 is 5.91 Å². The number of nitrogens with one attached hydrogen (secondary N) is 1. The first-order valence-corrected chi connectivity index (χ1v) is 8.39. The lowest BCUT2D eigenvalue weighted by Crippen LogP contribution is -2.23. The minimum Gasteiger partial charge on any atom is -0.352 e. The van der Waals surface area contributed by atoms with Crippen molar-refractivity contribution in [2.75, 3.05) is 0 Å². The van der Waals surface area contributed by atoms with Crippen molar-refractivity contribution in [3.8, 4) is 11.3 Å². The Kier molecular flexibility index (Phi) is 5.52. The zero-order valence-electron chi connectivity index (χ0n) is 14.3. The Morgan fingerprint density at radius 2 is 1.92 bits per heavy atom. The van der Waals surface area contributed by atoms with E-state index >= 15 is 0 Å². The Bertz CT molecular complexity index is 829. The van der Waals surface area contributed by atoms with Crippen molar-refractivity contribution in [1.29, 1.82) is 0 Å². The Labute approximate surface area is 148 Å². The Balaban J connectivity index is 1.50. The molecule has 0 saturated carbocycles. The molecule has 0 radical (unpaired) electrons. The molecule has 0 bridgehead atoms. The van der Waals surface area contributed by atoms with E-state index in [0.717, 1.165) is 23.2 Å². The summed E-state index contributed by atoms with van der Waals surface area (Å²) in [7, 11) is 0. The van der Waals surface area contributed by atoms with E-state index in [1.165, 1.54) is 11.1 Å². The molecule has 4 nitrogen and oxygen atoms in total. The number of hydrogen-bond donors (Lipinski definition) is 1. The summed E-state index contributed by atoms with van der Waals surface area (Å²) < 4.78 is 0. The van der Waals surface area contributed by atoms with Gasteiger partial charge >= 0.3 is 0 Å². The van der Waals surface area contributed by atoms with E-state index in [4.69, 9.17) is 0 Å². The minimum absolute atomic E-state index is 0.0552. The lowest BCUT2D eigenvalue weighted by molar-refractivity contribution is -0.121. The number of rotatable bonds is 6. The summed E-state index contributed by atoms with van der Waals surface area (Å²) in [5.74, 6) is 0.0552. The summed E-state index contributed by atoms with van der Waals surface area (Å²) in [6.45, 7) is 2.57. The molecule has 1 aromatic carbocycles. The molecule has 2 heterocycles. The molecule has 1 amide bonds. The number of carbonyl (C=O) groups is 1. The van der Waals surface area contributed by atoms with Crippen LogP contribution in [-0.2, 0) is 17.8 Å². The fourth-order valence-corrected chi connectivity index (χ4v) is 2.64. The first-order valence-electron chi connectivity index (χ1n) is 8.39. The number of aromatic nitrogens is 2. The highest BCUT2D eigenvalue weighted by molar-refractivity contribution is 5.76. The average Bonchev–Trinajstić information content (AvgIpc) is 2.67. The number of carbonyl (C=O) groups excluding carboxylic acids is 1. The van der Waals surface area contributed by atoms with Gasteiger partial charge in [0.2, 0.25) is 5.91 Å². The van der Waals surface area contributed by atoms with Crippen LogP contribution in [0.3, 0.4) is 0 Å². The fourth-order valence-electron chi connectivity index (χ4n) is 2.64. The van der Waals surface area contributed by atoms with Gasteiger partial charge in [0, 0.05) is 37.1 Å². The van der Waals surface area contributed by atoms with Gasteiger partial charge in [-0.3, -0.25) is 14.8 Å². The molecule has 3 rings (SSSR count). The molecule has 0 aliphatic heterocycles. The molecule has 4 heteroatoms. The molecule has 0 fully saturated rings. The molecule has 0 aliphatic carbocycles. The standard InChI is InChI=1S/C21H21N3O/c1-16-5-2-3-6-18(16)9-11-21(25)24-14-17-8-10-20(23-13-17)19-7-4-12-22-15-19/h2-8,10,12-13,15H,9,11,14H2,1H3,(H,24,25). The Hall–Kier alpha value is -3.01. The predicted octanol–water partition coefficient (Wildman–Crippen LogP) is 3.70. The van der Waals surface area contributed by atoms with Crippen molar-refractivity contribution in [2.45, 2.75) is 26.3 Å². The second kappa shape index (κ2) is 8.20. The quantitative estimate of drug-likeness (QED) is 0.749. The van der Waals surface area contributed by atoms with Crippen LogP contribution in [0.5, 0.6) is 0 Å². The van der Waals surface area contributed by atoms with Crippen LogP contribution >= 0.6 is 0 Å². The zero-order chi connectivity index (χ0) is 17.5. The highest BCUT2D eigenvalue weighted by Gasteiger charge is 2.05. The van der Waals surface area contributed by atoms with Gasteiger partial charge < -0.3 is 5.32 Å². The summed E-state index contributed by atoms with van der Waals surface area (Å²) in [6.07, 6.45) is 6.58. The van der Waals surface area contributed by atoms with Crippen LogP contribution < -0.4 is 5.32 Å². The summed E-state index contributed by atoms with van der Waals surface area (Å²) in [4.78, 5) is 20.6. The van der Waals surface area contributed by atoms with Gasteiger partial charge in [0.05, 0.1) is 5.69 Å². The lowest BCUT2D eigenvalue weighted by Gasteiger charge is -2.08. The molecule has 2 aromatic heterocycles. The van der Waals surface area contributed by atoms with Gasteiger partial charge in [0.1, 0.15) is 0 Å². The van der Waals surface area contributed by atoms with Gasteiger partial charge in [-0.15, -0.1) is 0 Å². The maximum absolute atomic E-state index is 12.0. The molecule has 0 unspecified atom stereocenters. The summed E-state index contributed by atoms with van der Waals surface area (Å²) in [5.41, 5.74) is 5.29. The summed E-state index contributed by atoms with van der Waals surface area (Å²) in [6, 6.07) is 16.0.